The summed E-state index contributed by atoms with van der Waals surface area (Å²) in [5.74, 6) is 0.536. The number of ether oxygens (including phenoxy) is 1. The number of nitrogens with one attached hydrogen (secondary N) is 1. The van der Waals surface area contributed by atoms with Crippen molar-refractivity contribution in [3.05, 3.63) is 71.1 Å². The van der Waals surface area contributed by atoms with Gasteiger partial charge in [-0.3, -0.25) is 4.79 Å². The summed E-state index contributed by atoms with van der Waals surface area (Å²) < 4.78 is 31.7. The van der Waals surface area contributed by atoms with Crippen LogP contribution in [0.2, 0.25) is 0 Å². The van der Waals surface area contributed by atoms with Gasteiger partial charge in [0.05, 0.1) is 7.11 Å². The lowest BCUT2D eigenvalue weighted by atomic mass is 9.97. The number of nitrogens with zero attached hydrogens (tertiary/aromatic N) is 1. The summed E-state index contributed by atoms with van der Waals surface area (Å²) in [4.78, 5) is 12.5. The molecule has 154 valence electrons. The van der Waals surface area contributed by atoms with E-state index in [9.17, 15) is 13.2 Å². The van der Waals surface area contributed by atoms with Gasteiger partial charge in [-0.05, 0) is 42.2 Å². The molecule has 1 saturated heterocycles. The van der Waals surface area contributed by atoms with Crippen LogP contribution in [0.3, 0.4) is 0 Å². The molecule has 7 heteroatoms. The molecule has 0 aromatic heterocycles. The first-order chi connectivity index (χ1) is 14.0. The fraction of sp³-hybridized carbons (Fsp3) is 0.318. The highest BCUT2D eigenvalue weighted by Gasteiger charge is 2.29. The largest absolute Gasteiger partial charge is 0.497 e. The van der Waals surface area contributed by atoms with E-state index in [2.05, 4.69) is 5.32 Å². The van der Waals surface area contributed by atoms with Gasteiger partial charge in [-0.15, -0.1) is 0 Å². The van der Waals surface area contributed by atoms with Crippen LogP contribution in [0.5, 0.6) is 5.75 Å². The summed E-state index contributed by atoms with van der Waals surface area (Å²) in [5, 5.41) is 4.19. The van der Waals surface area contributed by atoms with Crippen molar-refractivity contribution >= 4 is 22.0 Å². The third-order valence-electron chi connectivity index (χ3n) is 5.02. The average Bonchev–Trinajstić information content (AvgIpc) is 2.77. The molecule has 29 heavy (non-hydrogen) atoms. The van der Waals surface area contributed by atoms with Crippen molar-refractivity contribution in [3.8, 4) is 5.75 Å². The molecule has 0 saturated carbocycles. The second-order valence-corrected chi connectivity index (χ2v) is 8.82. The van der Waals surface area contributed by atoms with Crippen LogP contribution in [0.25, 0.3) is 6.08 Å². The van der Waals surface area contributed by atoms with E-state index in [1.165, 1.54) is 9.71 Å². The zero-order chi connectivity index (χ0) is 20.7. The van der Waals surface area contributed by atoms with Crippen LogP contribution in [0, 0.1) is 5.92 Å². The van der Waals surface area contributed by atoms with E-state index >= 15 is 0 Å². The Bertz CT molecular complexity index is 950. The van der Waals surface area contributed by atoms with Gasteiger partial charge in [-0.1, -0.05) is 42.5 Å². The summed E-state index contributed by atoms with van der Waals surface area (Å²) in [6, 6.07) is 16.9. The molecule has 0 radical (unpaired) electrons. The van der Waals surface area contributed by atoms with Gasteiger partial charge in [0.15, 0.2) is 0 Å². The molecule has 1 amide bonds. The first-order valence-electron chi connectivity index (χ1n) is 9.62. The second kappa shape index (κ2) is 9.71. The number of rotatable bonds is 7. The van der Waals surface area contributed by atoms with E-state index in [0.717, 1.165) is 16.9 Å². The van der Waals surface area contributed by atoms with E-state index < -0.39 is 10.0 Å². The summed E-state index contributed by atoms with van der Waals surface area (Å²) in [6.07, 6.45) is 2.63. The Morgan fingerprint density at radius 2 is 1.86 bits per heavy atom. The van der Waals surface area contributed by atoms with Crippen LogP contribution in [-0.4, -0.2) is 38.8 Å². The highest BCUT2D eigenvalue weighted by atomic mass is 32.2. The van der Waals surface area contributed by atoms with Gasteiger partial charge >= 0.3 is 0 Å². The molecular weight excluding hydrogens is 388 g/mol. The van der Waals surface area contributed by atoms with Crippen molar-refractivity contribution in [2.75, 3.05) is 20.2 Å². The second-order valence-electron chi connectivity index (χ2n) is 7.00. The fourth-order valence-corrected chi connectivity index (χ4v) is 4.52. The lowest BCUT2D eigenvalue weighted by Crippen LogP contribution is -2.42. The number of benzene rings is 2. The number of sulfonamides is 1. The molecule has 6 nitrogen and oxygen atoms in total. The number of methoxy groups -OCH3 is 1. The maximum absolute atomic E-state index is 12.5. The highest BCUT2D eigenvalue weighted by Crippen LogP contribution is 2.21. The molecule has 1 aliphatic heterocycles. The Balaban J connectivity index is 1.50. The van der Waals surface area contributed by atoms with Gasteiger partial charge in [-0.2, -0.15) is 4.31 Å². The third kappa shape index (κ3) is 5.92. The number of carbonyl (C=O) groups is 1. The molecule has 2 aromatic carbocycles. The van der Waals surface area contributed by atoms with E-state index in [1.807, 2.05) is 54.6 Å². The summed E-state index contributed by atoms with van der Waals surface area (Å²) in [7, 11) is -1.88. The van der Waals surface area contributed by atoms with E-state index in [0.29, 0.717) is 32.5 Å². The van der Waals surface area contributed by atoms with Crippen molar-refractivity contribution in [1.29, 1.82) is 0 Å². The van der Waals surface area contributed by atoms with Crippen LogP contribution >= 0.6 is 0 Å². The summed E-state index contributed by atoms with van der Waals surface area (Å²) >= 11 is 0. The molecule has 0 spiro atoms. The Labute approximate surface area is 172 Å². The number of carbonyl (C=O) groups excluding carboxylic acids is 1. The molecule has 1 aliphatic rings. The molecule has 0 atom stereocenters. The summed E-state index contributed by atoms with van der Waals surface area (Å²) in [6.45, 7) is 1.12. The van der Waals surface area contributed by atoms with E-state index in [4.69, 9.17) is 4.74 Å². The van der Waals surface area contributed by atoms with Crippen molar-refractivity contribution in [2.24, 2.45) is 5.92 Å². The fourth-order valence-electron chi connectivity index (χ4n) is 3.30. The first-order valence-corrected chi connectivity index (χ1v) is 11.1. The van der Waals surface area contributed by atoms with Crippen LogP contribution in [-0.2, 0) is 21.4 Å². The van der Waals surface area contributed by atoms with Crippen LogP contribution < -0.4 is 10.1 Å². The molecule has 1 N–H and O–H groups in total. The van der Waals surface area contributed by atoms with Gasteiger partial charge in [0.2, 0.25) is 15.9 Å². The van der Waals surface area contributed by atoms with Gasteiger partial charge < -0.3 is 10.1 Å². The normalized spacial score (nSPS) is 16.0. The van der Waals surface area contributed by atoms with Crippen LogP contribution in [0.15, 0.2) is 60.0 Å². The third-order valence-corrected chi connectivity index (χ3v) is 6.58. The highest BCUT2D eigenvalue weighted by molar-refractivity contribution is 7.92. The average molecular weight is 415 g/mol. The molecule has 2 aromatic rings. The lowest BCUT2D eigenvalue weighted by molar-refractivity contribution is -0.126. The minimum atomic E-state index is -3.49. The number of piperidine rings is 1. The van der Waals surface area contributed by atoms with E-state index in [-0.39, 0.29) is 11.8 Å². The Hall–Kier alpha value is -2.64. The molecule has 1 heterocycles. The molecule has 0 bridgehead atoms. The molecule has 0 aliphatic carbocycles. The van der Waals surface area contributed by atoms with E-state index in [1.54, 1.807) is 13.2 Å². The smallest absolute Gasteiger partial charge is 0.236 e. The van der Waals surface area contributed by atoms with Crippen LogP contribution in [0.4, 0.5) is 0 Å². The number of hydrogen-bond donors (Lipinski definition) is 1. The SMILES string of the molecule is COc1cccc(CNC(=O)C2CCN(S(=O)(=O)C=Cc3ccccc3)CC2)c1. The first kappa shape index (κ1) is 21.1. The quantitative estimate of drug-likeness (QED) is 0.756. The Morgan fingerprint density at radius 1 is 1.14 bits per heavy atom. The predicted molar refractivity (Wildman–Crippen MR) is 114 cm³/mol. The molecule has 0 unspecified atom stereocenters. The maximum atomic E-state index is 12.5. The van der Waals surface area contributed by atoms with Crippen molar-refractivity contribution in [2.45, 2.75) is 19.4 Å². The standard InChI is InChI=1S/C22H26N2O4S/c1-28-21-9-5-8-19(16-21)17-23-22(25)20-10-13-24(14-11-20)29(26,27)15-12-18-6-3-2-4-7-18/h2-9,12,15-16,20H,10-11,13-14,17H2,1H3,(H,23,25). The van der Waals surface area contributed by atoms with Crippen molar-refractivity contribution in [3.63, 3.8) is 0 Å². The van der Waals surface area contributed by atoms with Gasteiger partial charge in [-0.25, -0.2) is 8.42 Å². The maximum Gasteiger partial charge on any atom is 0.236 e. The predicted octanol–water partition coefficient (Wildman–Crippen LogP) is 3.02. The van der Waals surface area contributed by atoms with Crippen molar-refractivity contribution in [1.82, 2.24) is 9.62 Å². The van der Waals surface area contributed by atoms with Crippen LogP contribution in [0.1, 0.15) is 24.0 Å². The number of amides is 1. The zero-order valence-electron chi connectivity index (χ0n) is 16.5. The Kier molecular flexibility index (Phi) is 7.06. The minimum absolute atomic E-state index is 0.0373. The number of hydrogen-bond acceptors (Lipinski definition) is 4. The van der Waals surface area contributed by atoms with Gasteiger partial charge in [0.25, 0.3) is 0 Å². The monoisotopic (exact) mass is 414 g/mol. The summed E-state index contributed by atoms with van der Waals surface area (Å²) in [5.41, 5.74) is 1.80. The lowest BCUT2D eigenvalue weighted by Gasteiger charge is -2.29. The Morgan fingerprint density at radius 3 is 2.55 bits per heavy atom. The van der Waals surface area contributed by atoms with Gasteiger partial charge in [0.1, 0.15) is 5.75 Å². The molecule has 3 rings (SSSR count). The molecular formula is C22H26N2O4S. The topological polar surface area (TPSA) is 75.7 Å². The van der Waals surface area contributed by atoms with Gasteiger partial charge in [0, 0.05) is 31.0 Å². The van der Waals surface area contributed by atoms with Crippen molar-refractivity contribution < 1.29 is 17.9 Å². The molecule has 1 fully saturated rings. The minimum Gasteiger partial charge on any atom is -0.497 e. The zero-order valence-corrected chi connectivity index (χ0v) is 17.3.